The fourth-order valence-corrected chi connectivity index (χ4v) is 1.86. The molecule has 0 radical (unpaired) electrons. The molecule has 1 aromatic heterocycles. The number of furan rings is 1. The molecule has 1 heterocycles. The number of likely N-dealkylation sites (N-methyl/N-ethyl adjacent to an activating group) is 1. The maximum atomic E-state index is 12.0. The summed E-state index contributed by atoms with van der Waals surface area (Å²) >= 11 is 0.412. The topological polar surface area (TPSA) is 59.8 Å². The third-order valence-electron chi connectivity index (χ3n) is 2.44. The first-order chi connectivity index (χ1) is 9.47. The first-order valence-electron chi connectivity index (χ1n) is 5.82. The van der Waals surface area contributed by atoms with Gasteiger partial charge in [-0.25, -0.2) is 0 Å². The highest BCUT2D eigenvalue weighted by Crippen LogP contribution is 2.21. The normalized spacial score (nSPS) is 10.7. The van der Waals surface area contributed by atoms with E-state index >= 15 is 0 Å². The van der Waals surface area contributed by atoms with E-state index in [1.54, 1.807) is 6.92 Å². The van der Waals surface area contributed by atoms with Crippen molar-refractivity contribution in [3.63, 3.8) is 0 Å². The van der Waals surface area contributed by atoms with E-state index in [1.165, 1.54) is 24.1 Å². The van der Waals surface area contributed by atoms with Crippen LogP contribution in [0.2, 0.25) is 0 Å². The molecule has 1 amide bonds. The van der Waals surface area contributed by atoms with Crippen LogP contribution in [-0.2, 0) is 15.3 Å². The van der Waals surface area contributed by atoms with Crippen LogP contribution in [0.3, 0.4) is 0 Å². The van der Waals surface area contributed by atoms with Gasteiger partial charge in [-0.2, -0.15) is 8.78 Å². The summed E-state index contributed by atoms with van der Waals surface area (Å²) in [4.78, 5) is 24.5. The van der Waals surface area contributed by atoms with E-state index in [4.69, 9.17) is 4.42 Å². The molecule has 0 N–H and O–H groups in total. The predicted molar refractivity (Wildman–Crippen MR) is 69.6 cm³/mol. The van der Waals surface area contributed by atoms with Crippen molar-refractivity contribution in [3.8, 4) is 0 Å². The number of thioether (sulfide) groups is 1. The summed E-state index contributed by atoms with van der Waals surface area (Å²) in [5.74, 6) is -3.24. The van der Waals surface area contributed by atoms with Crippen LogP contribution >= 0.6 is 11.8 Å². The van der Waals surface area contributed by atoms with Gasteiger partial charge in [-0.05, 0) is 19.1 Å². The molecule has 0 unspecified atom stereocenters. The van der Waals surface area contributed by atoms with E-state index < -0.39 is 17.6 Å². The average molecular weight is 307 g/mol. The summed E-state index contributed by atoms with van der Waals surface area (Å²) in [6.07, 6.45) is 0. The van der Waals surface area contributed by atoms with Crippen LogP contribution in [0.1, 0.15) is 23.2 Å². The molecule has 0 aliphatic rings. The van der Waals surface area contributed by atoms with Crippen LogP contribution in [0.15, 0.2) is 16.5 Å². The highest BCUT2D eigenvalue weighted by Gasteiger charge is 2.21. The van der Waals surface area contributed by atoms with Crippen LogP contribution in [0.5, 0.6) is 0 Å². The van der Waals surface area contributed by atoms with Gasteiger partial charge in [0.05, 0.1) is 12.9 Å². The lowest BCUT2D eigenvalue weighted by molar-refractivity contribution is -0.141. The number of hydrogen-bond donors (Lipinski definition) is 0. The molecule has 0 aliphatic carbocycles. The van der Waals surface area contributed by atoms with Crippen LogP contribution in [0, 0.1) is 0 Å². The first kappa shape index (κ1) is 16.5. The molecule has 5 nitrogen and oxygen atoms in total. The van der Waals surface area contributed by atoms with Gasteiger partial charge in [-0.15, -0.1) is 0 Å². The Labute approximate surface area is 119 Å². The van der Waals surface area contributed by atoms with Gasteiger partial charge in [0.1, 0.15) is 12.3 Å². The molecule has 20 heavy (non-hydrogen) atoms. The van der Waals surface area contributed by atoms with E-state index in [2.05, 4.69) is 4.74 Å². The summed E-state index contributed by atoms with van der Waals surface area (Å²) in [5, 5.41) is 0. The Morgan fingerprint density at radius 1 is 1.45 bits per heavy atom. The summed E-state index contributed by atoms with van der Waals surface area (Å²) in [6.45, 7) is 1.82. The molecular weight excluding hydrogens is 292 g/mol. The van der Waals surface area contributed by atoms with Gasteiger partial charge < -0.3 is 14.1 Å². The second-order valence-electron chi connectivity index (χ2n) is 3.73. The summed E-state index contributed by atoms with van der Waals surface area (Å²) in [6, 6.07) is 2.87. The van der Waals surface area contributed by atoms with Crippen molar-refractivity contribution in [3.05, 3.63) is 23.7 Å². The second kappa shape index (κ2) is 7.88. The predicted octanol–water partition coefficient (Wildman–Crippen LogP) is 2.37. The molecule has 0 saturated carbocycles. The standard InChI is InChI=1S/C12H15F2NO4S/c1-3-15(6-10(16)18-2)11(17)9-5-4-8(19-9)7-20-12(13)14/h4-5,12H,3,6-7H2,1-2H3. The van der Waals surface area contributed by atoms with Gasteiger partial charge in [0.15, 0.2) is 5.76 Å². The second-order valence-corrected chi connectivity index (χ2v) is 4.71. The van der Waals surface area contributed by atoms with Gasteiger partial charge in [0.2, 0.25) is 0 Å². The molecule has 1 aromatic rings. The summed E-state index contributed by atoms with van der Waals surface area (Å²) < 4.78 is 33.8. The van der Waals surface area contributed by atoms with Crippen molar-refractivity contribution < 1.29 is 27.5 Å². The number of hydrogen-bond acceptors (Lipinski definition) is 5. The van der Waals surface area contributed by atoms with Crippen molar-refractivity contribution in [1.82, 2.24) is 4.90 Å². The fraction of sp³-hybridized carbons (Fsp3) is 0.500. The van der Waals surface area contributed by atoms with Crippen molar-refractivity contribution in [1.29, 1.82) is 0 Å². The smallest absolute Gasteiger partial charge is 0.325 e. The van der Waals surface area contributed by atoms with Gasteiger partial charge in [0, 0.05) is 6.54 Å². The van der Waals surface area contributed by atoms with Crippen molar-refractivity contribution >= 4 is 23.6 Å². The number of alkyl halides is 2. The zero-order chi connectivity index (χ0) is 15.1. The Hall–Kier alpha value is -1.57. The molecule has 112 valence electrons. The quantitative estimate of drug-likeness (QED) is 0.724. The zero-order valence-electron chi connectivity index (χ0n) is 11.1. The average Bonchev–Trinajstić information content (AvgIpc) is 2.90. The Balaban J connectivity index is 2.68. The van der Waals surface area contributed by atoms with E-state index in [-0.39, 0.29) is 23.8 Å². The molecule has 0 saturated heterocycles. The summed E-state index contributed by atoms with van der Waals surface area (Å²) in [7, 11) is 1.23. The highest BCUT2D eigenvalue weighted by molar-refractivity contribution is 7.98. The lowest BCUT2D eigenvalue weighted by Gasteiger charge is -2.17. The number of nitrogens with zero attached hydrogens (tertiary/aromatic N) is 1. The van der Waals surface area contributed by atoms with Crippen LogP contribution in [0.4, 0.5) is 8.78 Å². The molecule has 0 aromatic carbocycles. The SMILES string of the molecule is CCN(CC(=O)OC)C(=O)c1ccc(CSC(F)F)o1. The van der Waals surface area contributed by atoms with Crippen molar-refractivity contribution in [2.45, 2.75) is 18.4 Å². The lowest BCUT2D eigenvalue weighted by atomic mass is 10.3. The van der Waals surface area contributed by atoms with E-state index in [1.807, 2.05) is 0 Å². The summed E-state index contributed by atoms with van der Waals surface area (Å²) in [5.41, 5.74) is 0. The molecular formula is C12H15F2NO4S. The van der Waals surface area contributed by atoms with Gasteiger partial charge in [-0.3, -0.25) is 9.59 Å². The van der Waals surface area contributed by atoms with Gasteiger partial charge in [0.25, 0.3) is 11.7 Å². The molecule has 1 rings (SSSR count). The van der Waals surface area contributed by atoms with Crippen LogP contribution in [-0.4, -0.2) is 42.7 Å². The maximum Gasteiger partial charge on any atom is 0.325 e. The number of rotatable bonds is 7. The van der Waals surface area contributed by atoms with Crippen molar-refractivity contribution in [2.24, 2.45) is 0 Å². The number of carbonyl (C=O) groups is 2. The zero-order valence-corrected chi connectivity index (χ0v) is 11.9. The Morgan fingerprint density at radius 3 is 2.70 bits per heavy atom. The van der Waals surface area contributed by atoms with Gasteiger partial charge in [-0.1, -0.05) is 11.8 Å². The molecule has 0 aliphatic heterocycles. The Morgan fingerprint density at radius 2 is 2.15 bits per heavy atom. The van der Waals surface area contributed by atoms with E-state index in [0.29, 0.717) is 18.3 Å². The Bertz CT molecular complexity index is 464. The molecule has 0 atom stereocenters. The molecule has 0 bridgehead atoms. The number of carbonyl (C=O) groups excluding carboxylic acids is 2. The Kier molecular flexibility index (Phi) is 6.50. The third-order valence-corrected chi connectivity index (χ3v) is 3.14. The molecule has 8 heteroatoms. The monoisotopic (exact) mass is 307 g/mol. The lowest BCUT2D eigenvalue weighted by Crippen LogP contribution is -2.35. The number of amides is 1. The molecule has 0 spiro atoms. The first-order valence-corrected chi connectivity index (χ1v) is 6.87. The number of esters is 1. The highest BCUT2D eigenvalue weighted by atomic mass is 32.2. The number of methoxy groups -OCH3 is 1. The van der Waals surface area contributed by atoms with Gasteiger partial charge >= 0.3 is 5.97 Å². The largest absolute Gasteiger partial charge is 0.468 e. The minimum atomic E-state index is -2.49. The fourth-order valence-electron chi connectivity index (χ4n) is 1.42. The molecule has 0 fully saturated rings. The van der Waals surface area contributed by atoms with Crippen LogP contribution < -0.4 is 0 Å². The van der Waals surface area contributed by atoms with Crippen molar-refractivity contribution in [2.75, 3.05) is 20.2 Å². The third kappa shape index (κ3) is 4.84. The maximum absolute atomic E-state index is 12.0. The minimum Gasteiger partial charge on any atom is -0.468 e. The van der Waals surface area contributed by atoms with Crippen LogP contribution in [0.25, 0.3) is 0 Å². The van der Waals surface area contributed by atoms with E-state index in [9.17, 15) is 18.4 Å². The number of ether oxygens (including phenoxy) is 1. The number of halogens is 2. The minimum absolute atomic E-state index is 0.0145. The van der Waals surface area contributed by atoms with E-state index in [0.717, 1.165) is 0 Å².